The van der Waals surface area contributed by atoms with Crippen molar-refractivity contribution in [2.24, 2.45) is 16.2 Å². The third kappa shape index (κ3) is 11.2. The summed E-state index contributed by atoms with van der Waals surface area (Å²) in [6.45, 7) is 18.7. The Morgan fingerprint density at radius 2 is 1.29 bits per heavy atom. The molecule has 0 radical (unpaired) electrons. The van der Waals surface area contributed by atoms with Crippen LogP contribution in [0.4, 0.5) is 0 Å². The minimum atomic E-state index is 0.405. The average Bonchev–Trinajstić information content (AvgIpc) is 1.93. The summed E-state index contributed by atoms with van der Waals surface area (Å²) >= 11 is 4.79. The van der Waals surface area contributed by atoms with Crippen LogP contribution in [0.25, 0.3) is 0 Å². The molecule has 1 atom stereocenters. The van der Waals surface area contributed by atoms with E-state index in [0.29, 0.717) is 21.5 Å². The summed E-state index contributed by atoms with van der Waals surface area (Å²) in [5.74, 6) is 0. The van der Waals surface area contributed by atoms with Crippen molar-refractivity contribution >= 4 is 12.6 Å². The molecule has 0 aromatic heterocycles. The van der Waals surface area contributed by atoms with E-state index in [9.17, 15) is 0 Å². The average molecular weight is 259 g/mol. The van der Waals surface area contributed by atoms with E-state index in [0.717, 1.165) is 0 Å². The highest BCUT2D eigenvalue weighted by atomic mass is 32.1. The highest BCUT2D eigenvalue weighted by Gasteiger charge is 2.27. The monoisotopic (exact) mass is 258 g/mol. The third-order valence-electron chi connectivity index (χ3n) is 3.02. The van der Waals surface area contributed by atoms with Gasteiger partial charge in [-0.1, -0.05) is 55.4 Å². The van der Waals surface area contributed by atoms with Crippen molar-refractivity contribution in [1.82, 2.24) is 0 Å². The van der Waals surface area contributed by atoms with Crippen LogP contribution >= 0.6 is 12.6 Å². The molecule has 0 N–H and O–H groups in total. The van der Waals surface area contributed by atoms with Crippen LogP contribution in [0, 0.1) is 16.2 Å². The summed E-state index contributed by atoms with van der Waals surface area (Å²) < 4.78 is 0. The molecule has 0 heterocycles. The maximum atomic E-state index is 4.79. The highest BCUT2D eigenvalue weighted by Crippen LogP contribution is 2.38. The Morgan fingerprint density at radius 1 is 0.824 bits per heavy atom. The first-order valence-electron chi connectivity index (χ1n) is 6.99. The zero-order chi connectivity index (χ0) is 13.9. The van der Waals surface area contributed by atoms with Crippen molar-refractivity contribution in [3.8, 4) is 0 Å². The van der Waals surface area contributed by atoms with Gasteiger partial charge in [0.05, 0.1) is 0 Å². The molecular formula is C16H34S. The lowest BCUT2D eigenvalue weighted by Gasteiger charge is -2.34. The van der Waals surface area contributed by atoms with Gasteiger partial charge in [0.15, 0.2) is 0 Å². The fourth-order valence-electron chi connectivity index (χ4n) is 2.85. The van der Waals surface area contributed by atoms with Crippen molar-refractivity contribution in [3.05, 3.63) is 0 Å². The molecule has 0 amide bonds. The summed E-state index contributed by atoms with van der Waals surface area (Å²) in [6, 6.07) is 0. The van der Waals surface area contributed by atoms with Gasteiger partial charge in [0.1, 0.15) is 0 Å². The van der Waals surface area contributed by atoms with E-state index in [1.54, 1.807) is 0 Å². The van der Waals surface area contributed by atoms with Gasteiger partial charge in [-0.15, -0.1) is 0 Å². The van der Waals surface area contributed by atoms with Gasteiger partial charge in [-0.2, -0.15) is 12.6 Å². The van der Waals surface area contributed by atoms with E-state index in [1.807, 2.05) is 0 Å². The number of thiol groups is 1. The van der Waals surface area contributed by atoms with Crippen LogP contribution in [0.2, 0.25) is 0 Å². The van der Waals surface area contributed by atoms with E-state index in [-0.39, 0.29) is 0 Å². The van der Waals surface area contributed by atoms with Gasteiger partial charge < -0.3 is 0 Å². The van der Waals surface area contributed by atoms with E-state index >= 15 is 0 Å². The van der Waals surface area contributed by atoms with Gasteiger partial charge in [0, 0.05) is 5.25 Å². The fourth-order valence-corrected chi connectivity index (χ4v) is 3.47. The zero-order valence-electron chi connectivity index (χ0n) is 13.4. The Morgan fingerprint density at radius 3 is 1.65 bits per heavy atom. The van der Waals surface area contributed by atoms with Crippen molar-refractivity contribution in [3.63, 3.8) is 0 Å². The predicted octanol–water partition coefficient (Wildman–Crippen LogP) is 5.96. The second kappa shape index (κ2) is 5.99. The van der Waals surface area contributed by atoms with Crippen LogP contribution in [0.1, 0.15) is 81.1 Å². The van der Waals surface area contributed by atoms with Crippen molar-refractivity contribution in [2.45, 2.75) is 86.3 Å². The molecule has 0 aliphatic rings. The van der Waals surface area contributed by atoms with Crippen LogP contribution in [0.5, 0.6) is 0 Å². The van der Waals surface area contributed by atoms with E-state index < -0.39 is 0 Å². The Balaban J connectivity index is 4.14. The first-order valence-corrected chi connectivity index (χ1v) is 7.51. The lowest BCUT2D eigenvalue weighted by Crippen LogP contribution is -2.24. The molecule has 0 aromatic carbocycles. The van der Waals surface area contributed by atoms with E-state index in [1.165, 1.54) is 25.7 Å². The van der Waals surface area contributed by atoms with Crippen LogP contribution in [0.3, 0.4) is 0 Å². The standard InChI is InChI=1S/C16H34S/c1-14(2,3)10-9-13(17)11-16(7,8)12-15(4,5)6/h13,17H,9-12H2,1-8H3. The molecule has 0 rings (SSSR count). The second-order valence-electron chi connectivity index (χ2n) is 8.86. The maximum Gasteiger partial charge on any atom is 0.00220 e. The predicted molar refractivity (Wildman–Crippen MR) is 83.9 cm³/mol. The molecule has 0 saturated heterocycles. The summed E-state index contributed by atoms with van der Waals surface area (Å²) in [5.41, 5.74) is 1.26. The summed E-state index contributed by atoms with van der Waals surface area (Å²) in [4.78, 5) is 0. The topological polar surface area (TPSA) is 0 Å². The molecule has 104 valence electrons. The van der Waals surface area contributed by atoms with E-state index in [2.05, 4.69) is 55.4 Å². The molecule has 1 heteroatoms. The molecule has 1 unspecified atom stereocenters. The van der Waals surface area contributed by atoms with Crippen LogP contribution in [0.15, 0.2) is 0 Å². The van der Waals surface area contributed by atoms with Crippen LogP contribution in [-0.4, -0.2) is 5.25 Å². The lowest BCUT2D eigenvalue weighted by atomic mass is 9.73. The summed E-state index contributed by atoms with van der Waals surface area (Å²) in [5, 5.41) is 0.548. The normalized spacial score (nSPS) is 16.1. The summed E-state index contributed by atoms with van der Waals surface area (Å²) in [6.07, 6.45) is 5.00. The Hall–Kier alpha value is 0.350. The Kier molecular flexibility index (Phi) is 6.12. The van der Waals surface area contributed by atoms with Crippen molar-refractivity contribution in [1.29, 1.82) is 0 Å². The van der Waals surface area contributed by atoms with Crippen molar-refractivity contribution in [2.75, 3.05) is 0 Å². The quantitative estimate of drug-likeness (QED) is 0.578. The number of rotatable bonds is 5. The molecule has 0 bridgehead atoms. The van der Waals surface area contributed by atoms with Gasteiger partial charge in [-0.25, -0.2) is 0 Å². The van der Waals surface area contributed by atoms with Crippen LogP contribution < -0.4 is 0 Å². The molecule has 0 saturated carbocycles. The second-order valence-corrected chi connectivity index (χ2v) is 9.59. The molecular weight excluding hydrogens is 224 g/mol. The first kappa shape index (κ1) is 17.4. The molecule has 0 aromatic rings. The third-order valence-corrected chi connectivity index (χ3v) is 3.47. The van der Waals surface area contributed by atoms with Gasteiger partial charge in [-0.3, -0.25) is 0 Å². The van der Waals surface area contributed by atoms with Crippen LogP contribution in [-0.2, 0) is 0 Å². The molecule has 0 fully saturated rings. The Bertz CT molecular complexity index is 215. The molecule has 0 nitrogen and oxygen atoms in total. The van der Waals surface area contributed by atoms with Gasteiger partial charge >= 0.3 is 0 Å². The molecule has 0 spiro atoms. The Labute approximate surface area is 115 Å². The molecule has 0 aliphatic carbocycles. The summed E-state index contributed by atoms with van der Waals surface area (Å²) in [7, 11) is 0. The lowest BCUT2D eigenvalue weighted by molar-refractivity contribution is 0.194. The van der Waals surface area contributed by atoms with Gasteiger partial charge in [-0.05, 0) is 41.9 Å². The zero-order valence-corrected chi connectivity index (χ0v) is 14.2. The van der Waals surface area contributed by atoms with E-state index in [4.69, 9.17) is 12.6 Å². The highest BCUT2D eigenvalue weighted by molar-refractivity contribution is 7.80. The largest absolute Gasteiger partial charge is 0.176 e. The minimum absolute atomic E-state index is 0.405. The van der Waals surface area contributed by atoms with Gasteiger partial charge in [0.2, 0.25) is 0 Å². The fraction of sp³-hybridized carbons (Fsp3) is 1.00. The van der Waals surface area contributed by atoms with Crippen molar-refractivity contribution < 1.29 is 0 Å². The number of hydrogen-bond acceptors (Lipinski definition) is 1. The minimum Gasteiger partial charge on any atom is -0.176 e. The smallest absolute Gasteiger partial charge is 0.00220 e. The van der Waals surface area contributed by atoms with Gasteiger partial charge in [0.25, 0.3) is 0 Å². The maximum absolute atomic E-state index is 4.79. The SMILES string of the molecule is CC(C)(C)CCC(S)CC(C)(C)CC(C)(C)C. The number of hydrogen-bond donors (Lipinski definition) is 1. The molecule has 0 aliphatic heterocycles. The molecule has 17 heavy (non-hydrogen) atoms. The first-order chi connectivity index (χ1) is 7.31.